The lowest BCUT2D eigenvalue weighted by molar-refractivity contribution is -0.127. The Kier molecular flexibility index (Phi) is 8.46. The van der Waals surface area contributed by atoms with Crippen LogP contribution in [0.4, 0.5) is 0 Å². The van der Waals surface area contributed by atoms with Crippen LogP contribution in [0.25, 0.3) is 0 Å². The number of hydrogen-bond acceptors (Lipinski definition) is 4. The van der Waals surface area contributed by atoms with Crippen LogP contribution in [-0.4, -0.2) is 44.7 Å². The minimum Gasteiger partial charge on any atom is -0.383 e. The number of ether oxygens (including phenoxy) is 1. The lowest BCUT2D eigenvalue weighted by atomic mass is 10.2. The van der Waals surface area contributed by atoms with E-state index in [1.165, 1.54) is 0 Å². The molecule has 0 radical (unpaired) electrons. The summed E-state index contributed by atoms with van der Waals surface area (Å²) in [6.45, 7) is 2.80. The average molecular weight is 231 g/mol. The molecular formula is C10H21N3O3. The van der Waals surface area contributed by atoms with E-state index < -0.39 is 6.04 Å². The van der Waals surface area contributed by atoms with Gasteiger partial charge in [-0.2, -0.15) is 0 Å². The van der Waals surface area contributed by atoms with Gasteiger partial charge in [-0.15, -0.1) is 0 Å². The van der Waals surface area contributed by atoms with E-state index >= 15 is 0 Å². The molecule has 1 atom stereocenters. The lowest BCUT2D eigenvalue weighted by Crippen LogP contribution is -2.45. The number of nitrogens with one attached hydrogen (secondary N) is 2. The van der Waals surface area contributed by atoms with Crippen LogP contribution in [0.2, 0.25) is 0 Å². The summed E-state index contributed by atoms with van der Waals surface area (Å²) in [6, 6.07) is -0.531. The van der Waals surface area contributed by atoms with E-state index in [-0.39, 0.29) is 18.4 Å². The minimum absolute atomic E-state index is 0.0417. The van der Waals surface area contributed by atoms with Gasteiger partial charge in [0.25, 0.3) is 0 Å². The zero-order valence-corrected chi connectivity index (χ0v) is 9.91. The second-order valence-electron chi connectivity index (χ2n) is 3.46. The summed E-state index contributed by atoms with van der Waals surface area (Å²) in [5.41, 5.74) is 5.57. The Hall–Kier alpha value is -1.14. The van der Waals surface area contributed by atoms with Crippen LogP contribution in [0.5, 0.6) is 0 Å². The van der Waals surface area contributed by atoms with Crippen molar-refractivity contribution in [1.82, 2.24) is 10.6 Å². The van der Waals surface area contributed by atoms with Crippen LogP contribution in [0.1, 0.15) is 19.8 Å². The molecule has 0 bridgehead atoms. The number of methoxy groups -OCH3 is 1. The molecule has 0 rings (SSSR count). The van der Waals surface area contributed by atoms with E-state index in [4.69, 9.17) is 10.5 Å². The molecule has 16 heavy (non-hydrogen) atoms. The molecule has 0 saturated heterocycles. The van der Waals surface area contributed by atoms with Crippen molar-refractivity contribution in [2.45, 2.75) is 25.8 Å². The molecule has 94 valence electrons. The van der Waals surface area contributed by atoms with Crippen molar-refractivity contribution in [3.05, 3.63) is 0 Å². The Morgan fingerprint density at radius 1 is 1.38 bits per heavy atom. The van der Waals surface area contributed by atoms with Gasteiger partial charge in [0, 0.05) is 13.7 Å². The summed E-state index contributed by atoms with van der Waals surface area (Å²) in [5.74, 6) is -0.530. The third kappa shape index (κ3) is 7.19. The predicted octanol–water partition coefficient (Wildman–Crippen LogP) is -1.01. The topological polar surface area (TPSA) is 93.5 Å². The molecular weight excluding hydrogens is 210 g/mol. The summed E-state index contributed by atoms with van der Waals surface area (Å²) in [7, 11) is 1.55. The first kappa shape index (κ1) is 14.9. The normalized spacial score (nSPS) is 11.9. The van der Waals surface area contributed by atoms with Crippen molar-refractivity contribution in [3.63, 3.8) is 0 Å². The molecule has 0 fully saturated rings. The van der Waals surface area contributed by atoms with Gasteiger partial charge in [-0.3, -0.25) is 9.59 Å². The van der Waals surface area contributed by atoms with Gasteiger partial charge in [0.15, 0.2) is 0 Å². The zero-order chi connectivity index (χ0) is 12.4. The summed E-state index contributed by atoms with van der Waals surface area (Å²) in [4.78, 5) is 22.5. The van der Waals surface area contributed by atoms with Crippen LogP contribution in [0.15, 0.2) is 0 Å². The third-order valence-corrected chi connectivity index (χ3v) is 1.99. The third-order valence-electron chi connectivity index (χ3n) is 1.99. The van der Waals surface area contributed by atoms with E-state index in [0.29, 0.717) is 19.6 Å². The van der Waals surface area contributed by atoms with Crippen LogP contribution >= 0.6 is 0 Å². The van der Waals surface area contributed by atoms with Crippen LogP contribution < -0.4 is 16.4 Å². The van der Waals surface area contributed by atoms with Crippen LogP contribution in [-0.2, 0) is 14.3 Å². The SMILES string of the molecule is CCC[C@H](N)C(=O)NCC(=O)NCCOC. The maximum absolute atomic E-state index is 11.3. The first-order valence-electron chi connectivity index (χ1n) is 5.40. The largest absolute Gasteiger partial charge is 0.383 e. The fourth-order valence-electron chi connectivity index (χ4n) is 1.10. The van der Waals surface area contributed by atoms with Gasteiger partial charge in [0.2, 0.25) is 11.8 Å². The smallest absolute Gasteiger partial charge is 0.239 e. The predicted molar refractivity (Wildman–Crippen MR) is 60.8 cm³/mol. The van der Waals surface area contributed by atoms with Crippen molar-refractivity contribution in [2.24, 2.45) is 5.73 Å². The number of nitrogens with two attached hydrogens (primary N) is 1. The molecule has 0 aliphatic carbocycles. The molecule has 0 aromatic rings. The second kappa shape index (κ2) is 9.11. The average Bonchev–Trinajstić information content (AvgIpc) is 2.26. The van der Waals surface area contributed by atoms with Gasteiger partial charge in [0.1, 0.15) is 0 Å². The number of carbonyl (C=O) groups excluding carboxylic acids is 2. The quantitative estimate of drug-likeness (QED) is 0.467. The molecule has 6 heteroatoms. The summed E-state index contributed by atoms with van der Waals surface area (Å²) in [6.07, 6.45) is 1.46. The van der Waals surface area contributed by atoms with Gasteiger partial charge in [-0.25, -0.2) is 0 Å². The van der Waals surface area contributed by atoms with Gasteiger partial charge in [-0.05, 0) is 6.42 Å². The first-order chi connectivity index (χ1) is 7.61. The molecule has 2 amide bonds. The lowest BCUT2D eigenvalue weighted by Gasteiger charge is -2.11. The van der Waals surface area contributed by atoms with Crippen molar-refractivity contribution in [1.29, 1.82) is 0 Å². The highest BCUT2D eigenvalue weighted by Crippen LogP contribution is 1.92. The summed E-state index contributed by atoms with van der Waals surface area (Å²) < 4.78 is 4.77. The summed E-state index contributed by atoms with van der Waals surface area (Å²) >= 11 is 0. The molecule has 0 unspecified atom stereocenters. The van der Waals surface area contributed by atoms with Gasteiger partial charge >= 0.3 is 0 Å². The monoisotopic (exact) mass is 231 g/mol. The van der Waals surface area contributed by atoms with E-state index in [1.54, 1.807) is 7.11 Å². The minimum atomic E-state index is -0.531. The molecule has 0 aliphatic heterocycles. The Balaban J connectivity index is 3.62. The highest BCUT2D eigenvalue weighted by Gasteiger charge is 2.12. The molecule has 0 aliphatic rings. The zero-order valence-electron chi connectivity index (χ0n) is 9.91. The first-order valence-corrected chi connectivity index (χ1v) is 5.40. The van der Waals surface area contributed by atoms with E-state index in [2.05, 4.69) is 10.6 Å². The van der Waals surface area contributed by atoms with E-state index in [1.807, 2.05) is 6.92 Å². The van der Waals surface area contributed by atoms with E-state index in [0.717, 1.165) is 6.42 Å². The van der Waals surface area contributed by atoms with Crippen molar-refractivity contribution in [2.75, 3.05) is 26.8 Å². The van der Waals surface area contributed by atoms with Crippen molar-refractivity contribution >= 4 is 11.8 Å². The Labute approximate surface area is 95.9 Å². The number of hydrogen-bond donors (Lipinski definition) is 3. The van der Waals surface area contributed by atoms with Crippen LogP contribution in [0, 0.1) is 0 Å². The van der Waals surface area contributed by atoms with Gasteiger partial charge < -0.3 is 21.1 Å². The molecule has 0 heterocycles. The standard InChI is InChI=1S/C10H21N3O3/c1-3-4-8(11)10(15)13-7-9(14)12-5-6-16-2/h8H,3-7,11H2,1-2H3,(H,12,14)(H,13,15)/t8-/m0/s1. The van der Waals surface area contributed by atoms with Crippen molar-refractivity contribution in [3.8, 4) is 0 Å². The fourth-order valence-corrected chi connectivity index (χ4v) is 1.10. The highest BCUT2D eigenvalue weighted by molar-refractivity contribution is 5.87. The van der Waals surface area contributed by atoms with Gasteiger partial charge in [0.05, 0.1) is 19.2 Å². The maximum Gasteiger partial charge on any atom is 0.239 e. The maximum atomic E-state index is 11.3. The number of rotatable bonds is 8. The molecule has 0 spiro atoms. The Morgan fingerprint density at radius 3 is 2.62 bits per heavy atom. The Morgan fingerprint density at radius 2 is 2.06 bits per heavy atom. The molecule has 0 saturated carbocycles. The molecule has 0 aromatic carbocycles. The Bertz CT molecular complexity index is 221. The fraction of sp³-hybridized carbons (Fsp3) is 0.800. The van der Waals surface area contributed by atoms with Gasteiger partial charge in [-0.1, -0.05) is 13.3 Å². The number of carbonyl (C=O) groups is 2. The van der Waals surface area contributed by atoms with E-state index in [9.17, 15) is 9.59 Å². The molecule has 4 N–H and O–H groups in total. The molecule has 0 aromatic heterocycles. The molecule has 6 nitrogen and oxygen atoms in total. The number of amides is 2. The van der Waals surface area contributed by atoms with Crippen molar-refractivity contribution < 1.29 is 14.3 Å². The summed E-state index contributed by atoms with van der Waals surface area (Å²) in [5, 5.41) is 5.07. The second-order valence-corrected chi connectivity index (χ2v) is 3.46. The highest BCUT2D eigenvalue weighted by atomic mass is 16.5. The van der Waals surface area contributed by atoms with Crippen LogP contribution in [0.3, 0.4) is 0 Å².